The minimum atomic E-state index is -0.139. The average Bonchev–Trinajstić information content (AvgIpc) is 2.83. The summed E-state index contributed by atoms with van der Waals surface area (Å²) in [6, 6.07) is 10.2. The van der Waals surface area contributed by atoms with Gasteiger partial charge in [-0.05, 0) is 5.56 Å². The second-order valence-corrected chi connectivity index (χ2v) is 4.94. The maximum atomic E-state index is 9.40. The SMILES string of the molecule is OCC1(Cn2cc(-c3ccccc3)cn2)COC1. The topological polar surface area (TPSA) is 47.3 Å². The molecule has 94 valence electrons. The number of ether oxygens (including phenoxy) is 1. The van der Waals surface area contributed by atoms with Crippen molar-refractivity contribution in [1.29, 1.82) is 0 Å². The first kappa shape index (κ1) is 11.4. The third kappa shape index (κ3) is 2.05. The summed E-state index contributed by atoms with van der Waals surface area (Å²) in [5.74, 6) is 0. The number of hydrogen-bond donors (Lipinski definition) is 1. The van der Waals surface area contributed by atoms with E-state index in [1.165, 1.54) is 0 Å². The second-order valence-electron chi connectivity index (χ2n) is 4.94. The van der Waals surface area contributed by atoms with Gasteiger partial charge in [0.2, 0.25) is 0 Å². The number of aliphatic hydroxyl groups is 1. The number of rotatable bonds is 4. The Morgan fingerprint density at radius 1 is 1.22 bits per heavy atom. The van der Waals surface area contributed by atoms with Crippen molar-refractivity contribution in [2.75, 3.05) is 19.8 Å². The van der Waals surface area contributed by atoms with Crippen molar-refractivity contribution in [3.05, 3.63) is 42.7 Å². The summed E-state index contributed by atoms with van der Waals surface area (Å²) >= 11 is 0. The Morgan fingerprint density at radius 2 is 2.00 bits per heavy atom. The van der Waals surface area contributed by atoms with Gasteiger partial charge >= 0.3 is 0 Å². The average molecular weight is 244 g/mol. The van der Waals surface area contributed by atoms with E-state index in [1.54, 1.807) is 0 Å². The van der Waals surface area contributed by atoms with Crippen LogP contribution >= 0.6 is 0 Å². The Balaban J connectivity index is 1.78. The molecule has 0 atom stereocenters. The van der Waals surface area contributed by atoms with Crippen molar-refractivity contribution in [2.45, 2.75) is 6.54 Å². The molecule has 1 fully saturated rings. The van der Waals surface area contributed by atoms with Crippen LogP contribution in [0.5, 0.6) is 0 Å². The fourth-order valence-electron chi connectivity index (χ4n) is 2.20. The zero-order valence-corrected chi connectivity index (χ0v) is 10.1. The number of benzene rings is 1. The fraction of sp³-hybridized carbons (Fsp3) is 0.357. The molecule has 0 unspecified atom stereocenters. The summed E-state index contributed by atoms with van der Waals surface area (Å²) in [5.41, 5.74) is 2.12. The van der Waals surface area contributed by atoms with Gasteiger partial charge in [-0.15, -0.1) is 0 Å². The van der Waals surface area contributed by atoms with Crippen LogP contribution in [-0.4, -0.2) is 34.7 Å². The normalized spacial score (nSPS) is 17.4. The minimum Gasteiger partial charge on any atom is -0.396 e. The minimum absolute atomic E-state index is 0.139. The van der Waals surface area contributed by atoms with Gasteiger partial charge in [-0.2, -0.15) is 5.10 Å². The van der Waals surface area contributed by atoms with Crippen LogP contribution in [0.15, 0.2) is 42.7 Å². The van der Waals surface area contributed by atoms with E-state index in [4.69, 9.17) is 4.74 Å². The van der Waals surface area contributed by atoms with Crippen LogP contribution in [0.25, 0.3) is 11.1 Å². The van der Waals surface area contributed by atoms with E-state index >= 15 is 0 Å². The van der Waals surface area contributed by atoms with E-state index in [0.29, 0.717) is 19.8 Å². The maximum absolute atomic E-state index is 9.40. The zero-order chi connectivity index (χ0) is 12.4. The summed E-state index contributed by atoms with van der Waals surface area (Å²) in [4.78, 5) is 0. The first-order valence-corrected chi connectivity index (χ1v) is 6.08. The highest BCUT2D eigenvalue weighted by Gasteiger charge is 2.38. The predicted molar refractivity (Wildman–Crippen MR) is 68.0 cm³/mol. The maximum Gasteiger partial charge on any atom is 0.0597 e. The van der Waals surface area contributed by atoms with Gasteiger partial charge < -0.3 is 9.84 Å². The van der Waals surface area contributed by atoms with Crippen LogP contribution in [0.3, 0.4) is 0 Å². The van der Waals surface area contributed by atoms with E-state index in [-0.39, 0.29) is 12.0 Å². The van der Waals surface area contributed by atoms with Crippen molar-refractivity contribution in [2.24, 2.45) is 5.41 Å². The van der Waals surface area contributed by atoms with Gasteiger partial charge in [0.1, 0.15) is 0 Å². The van der Waals surface area contributed by atoms with Gasteiger partial charge in [0, 0.05) is 11.8 Å². The standard InChI is InChI=1S/C14H16N2O2/c17-9-14(10-18-11-14)8-16-7-13(6-15-16)12-4-2-1-3-5-12/h1-7,17H,8-11H2. The van der Waals surface area contributed by atoms with Gasteiger partial charge in [0.15, 0.2) is 0 Å². The van der Waals surface area contributed by atoms with Crippen molar-refractivity contribution in [1.82, 2.24) is 9.78 Å². The van der Waals surface area contributed by atoms with Crippen molar-refractivity contribution >= 4 is 0 Å². The number of aliphatic hydroxyl groups excluding tert-OH is 1. The van der Waals surface area contributed by atoms with Crippen LogP contribution in [0.2, 0.25) is 0 Å². The van der Waals surface area contributed by atoms with Gasteiger partial charge in [-0.3, -0.25) is 4.68 Å². The van der Waals surface area contributed by atoms with Crippen molar-refractivity contribution in [3.8, 4) is 11.1 Å². The van der Waals surface area contributed by atoms with Crippen LogP contribution < -0.4 is 0 Å². The van der Waals surface area contributed by atoms with E-state index in [1.807, 2.05) is 35.3 Å². The molecule has 1 N–H and O–H groups in total. The highest BCUT2D eigenvalue weighted by Crippen LogP contribution is 2.29. The molecule has 0 saturated carbocycles. The Hall–Kier alpha value is -1.65. The number of nitrogens with zero attached hydrogens (tertiary/aromatic N) is 2. The van der Waals surface area contributed by atoms with Crippen LogP contribution in [0.4, 0.5) is 0 Å². The zero-order valence-electron chi connectivity index (χ0n) is 10.1. The lowest BCUT2D eigenvalue weighted by molar-refractivity contribution is -0.146. The summed E-state index contributed by atoms with van der Waals surface area (Å²) in [5, 5.41) is 13.8. The molecule has 0 radical (unpaired) electrons. The summed E-state index contributed by atoms with van der Waals surface area (Å²) in [7, 11) is 0. The molecule has 4 nitrogen and oxygen atoms in total. The molecule has 2 heterocycles. The first-order valence-electron chi connectivity index (χ1n) is 6.08. The van der Waals surface area contributed by atoms with Gasteiger partial charge in [-0.1, -0.05) is 30.3 Å². The number of hydrogen-bond acceptors (Lipinski definition) is 3. The molecule has 0 spiro atoms. The predicted octanol–water partition coefficient (Wildman–Crippen LogP) is 1.56. The Morgan fingerprint density at radius 3 is 2.61 bits per heavy atom. The lowest BCUT2D eigenvalue weighted by Gasteiger charge is -2.39. The molecule has 1 aromatic heterocycles. The third-order valence-electron chi connectivity index (χ3n) is 3.39. The molecule has 1 aliphatic heterocycles. The smallest absolute Gasteiger partial charge is 0.0597 e. The fourth-order valence-corrected chi connectivity index (χ4v) is 2.20. The third-order valence-corrected chi connectivity index (χ3v) is 3.39. The Labute approximate surface area is 106 Å². The van der Waals surface area contributed by atoms with E-state index in [2.05, 4.69) is 17.2 Å². The quantitative estimate of drug-likeness (QED) is 0.887. The molecule has 1 saturated heterocycles. The summed E-state index contributed by atoms with van der Waals surface area (Å²) in [6.07, 6.45) is 3.88. The lowest BCUT2D eigenvalue weighted by Crippen LogP contribution is -2.48. The molecule has 4 heteroatoms. The monoisotopic (exact) mass is 244 g/mol. The van der Waals surface area contributed by atoms with Crippen LogP contribution in [0, 0.1) is 5.41 Å². The molecule has 1 aromatic carbocycles. The van der Waals surface area contributed by atoms with E-state index in [0.717, 1.165) is 11.1 Å². The molecular formula is C14H16N2O2. The molecule has 18 heavy (non-hydrogen) atoms. The van der Waals surface area contributed by atoms with Crippen molar-refractivity contribution in [3.63, 3.8) is 0 Å². The molecule has 2 aromatic rings. The van der Waals surface area contributed by atoms with Gasteiger partial charge in [-0.25, -0.2) is 0 Å². The largest absolute Gasteiger partial charge is 0.396 e. The summed E-state index contributed by atoms with van der Waals surface area (Å²) < 4.78 is 7.08. The molecule has 1 aliphatic rings. The highest BCUT2D eigenvalue weighted by molar-refractivity contribution is 5.61. The highest BCUT2D eigenvalue weighted by atomic mass is 16.5. The molecule has 0 amide bonds. The van der Waals surface area contributed by atoms with Crippen LogP contribution in [-0.2, 0) is 11.3 Å². The van der Waals surface area contributed by atoms with Gasteiger partial charge in [0.05, 0.1) is 38.0 Å². The summed E-state index contributed by atoms with van der Waals surface area (Å²) in [6.45, 7) is 2.08. The lowest BCUT2D eigenvalue weighted by atomic mass is 9.87. The van der Waals surface area contributed by atoms with Crippen LogP contribution in [0.1, 0.15) is 0 Å². The first-order chi connectivity index (χ1) is 8.81. The van der Waals surface area contributed by atoms with E-state index < -0.39 is 0 Å². The van der Waals surface area contributed by atoms with Crippen molar-refractivity contribution < 1.29 is 9.84 Å². The number of aromatic nitrogens is 2. The molecule has 0 bridgehead atoms. The molecule has 0 aliphatic carbocycles. The Bertz CT molecular complexity index is 512. The molecule has 3 rings (SSSR count). The van der Waals surface area contributed by atoms with Gasteiger partial charge in [0.25, 0.3) is 0 Å². The second kappa shape index (κ2) is 4.55. The molecular weight excluding hydrogens is 228 g/mol. The van der Waals surface area contributed by atoms with E-state index in [9.17, 15) is 5.11 Å². The Kier molecular flexibility index (Phi) is 2.89.